The predicted octanol–water partition coefficient (Wildman–Crippen LogP) is 2.31. The standard InChI is InChI=1S/C9H8BrF2N3/c10-7-5(1-2-13)3-6(4-14)15-8(7)9(11)12/h3,9H,1,4,14H2. The van der Waals surface area contributed by atoms with Crippen molar-refractivity contribution in [1.29, 1.82) is 5.26 Å². The molecule has 0 spiro atoms. The van der Waals surface area contributed by atoms with Gasteiger partial charge in [-0.3, -0.25) is 0 Å². The lowest BCUT2D eigenvalue weighted by Crippen LogP contribution is -2.05. The molecule has 0 aliphatic carbocycles. The van der Waals surface area contributed by atoms with Crippen LogP contribution in [0.15, 0.2) is 10.5 Å². The van der Waals surface area contributed by atoms with Crippen LogP contribution >= 0.6 is 15.9 Å². The highest BCUT2D eigenvalue weighted by Gasteiger charge is 2.17. The van der Waals surface area contributed by atoms with Crippen LogP contribution in [-0.2, 0) is 13.0 Å². The second-order valence-corrected chi connectivity index (χ2v) is 3.60. The van der Waals surface area contributed by atoms with Crippen molar-refractivity contribution in [2.45, 2.75) is 19.4 Å². The van der Waals surface area contributed by atoms with Gasteiger partial charge in [-0.2, -0.15) is 5.26 Å². The van der Waals surface area contributed by atoms with E-state index < -0.39 is 6.43 Å². The SMILES string of the molecule is N#CCc1cc(CN)nc(C(F)F)c1Br. The minimum absolute atomic E-state index is 0.0514. The van der Waals surface area contributed by atoms with Gasteiger partial charge in [0.05, 0.1) is 18.2 Å². The zero-order chi connectivity index (χ0) is 11.4. The third-order valence-corrected chi connectivity index (χ3v) is 2.71. The fraction of sp³-hybridized carbons (Fsp3) is 0.333. The van der Waals surface area contributed by atoms with Gasteiger partial charge in [-0.05, 0) is 27.6 Å². The molecule has 3 nitrogen and oxygen atoms in total. The number of halogens is 3. The van der Waals surface area contributed by atoms with E-state index in [1.54, 1.807) is 6.07 Å². The first-order chi connectivity index (χ1) is 7.10. The molecule has 0 amide bonds. The molecule has 0 aliphatic heterocycles. The van der Waals surface area contributed by atoms with Gasteiger partial charge >= 0.3 is 0 Å². The first-order valence-corrected chi connectivity index (χ1v) is 4.92. The summed E-state index contributed by atoms with van der Waals surface area (Å²) in [6.07, 6.45) is -2.63. The zero-order valence-corrected chi connectivity index (χ0v) is 9.26. The van der Waals surface area contributed by atoms with E-state index in [1.807, 2.05) is 6.07 Å². The Morgan fingerprint density at radius 2 is 2.27 bits per heavy atom. The summed E-state index contributed by atoms with van der Waals surface area (Å²) >= 11 is 3.01. The van der Waals surface area contributed by atoms with E-state index in [4.69, 9.17) is 11.0 Å². The van der Waals surface area contributed by atoms with Gasteiger partial charge in [0.15, 0.2) is 0 Å². The molecule has 0 fully saturated rings. The highest BCUT2D eigenvalue weighted by molar-refractivity contribution is 9.10. The van der Waals surface area contributed by atoms with E-state index in [9.17, 15) is 8.78 Å². The minimum atomic E-state index is -2.68. The van der Waals surface area contributed by atoms with Crippen LogP contribution in [0.4, 0.5) is 8.78 Å². The number of rotatable bonds is 3. The number of nitriles is 1. The summed E-state index contributed by atoms with van der Waals surface area (Å²) < 4.78 is 25.3. The average Bonchev–Trinajstić information content (AvgIpc) is 2.21. The summed E-state index contributed by atoms with van der Waals surface area (Å²) in [4.78, 5) is 3.70. The lowest BCUT2D eigenvalue weighted by Gasteiger charge is -2.08. The fourth-order valence-corrected chi connectivity index (χ4v) is 1.64. The van der Waals surface area contributed by atoms with Crippen molar-refractivity contribution >= 4 is 15.9 Å². The molecule has 1 heterocycles. The molecule has 0 unspecified atom stereocenters. The number of alkyl halides is 2. The van der Waals surface area contributed by atoms with E-state index in [1.165, 1.54) is 0 Å². The lowest BCUT2D eigenvalue weighted by molar-refractivity contribution is 0.144. The Morgan fingerprint density at radius 1 is 1.60 bits per heavy atom. The van der Waals surface area contributed by atoms with Crippen LogP contribution < -0.4 is 5.73 Å². The molecule has 0 bridgehead atoms. The molecule has 0 saturated carbocycles. The molecule has 1 rings (SSSR count). The van der Waals surface area contributed by atoms with E-state index in [-0.39, 0.29) is 23.1 Å². The molecule has 0 atom stereocenters. The van der Waals surface area contributed by atoms with Gasteiger partial charge in [-0.1, -0.05) is 0 Å². The second-order valence-electron chi connectivity index (χ2n) is 2.81. The Kier molecular flexibility index (Phi) is 4.12. The summed E-state index contributed by atoms with van der Waals surface area (Å²) in [6.45, 7) is 0.0748. The lowest BCUT2D eigenvalue weighted by atomic mass is 10.1. The molecule has 1 aromatic rings. The molecular weight excluding hydrogens is 268 g/mol. The van der Waals surface area contributed by atoms with E-state index in [2.05, 4.69) is 20.9 Å². The maximum Gasteiger partial charge on any atom is 0.281 e. The van der Waals surface area contributed by atoms with Crippen molar-refractivity contribution in [3.63, 3.8) is 0 Å². The van der Waals surface area contributed by atoms with Crippen LogP contribution in [-0.4, -0.2) is 4.98 Å². The summed E-state index contributed by atoms with van der Waals surface area (Å²) in [5.41, 5.74) is 5.82. The Bertz CT molecular complexity index is 401. The van der Waals surface area contributed by atoms with Crippen LogP contribution in [0, 0.1) is 11.3 Å². The van der Waals surface area contributed by atoms with E-state index in [0.29, 0.717) is 11.3 Å². The molecule has 80 valence electrons. The third-order valence-electron chi connectivity index (χ3n) is 1.80. The van der Waals surface area contributed by atoms with Crippen LogP contribution in [0.3, 0.4) is 0 Å². The summed E-state index contributed by atoms with van der Waals surface area (Å²) in [7, 11) is 0. The Hall–Kier alpha value is -1.06. The van der Waals surface area contributed by atoms with Gasteiger partial charge in [0.1, 0.15) is 5.69 Å². The zero-order valence-electron chi connectivity index (χ0n) is 7.67. The molecule has 0 aromatic carbocycles. The quantitative estimate of drug-likeness (QED) is 0.921. The molecule has 15 heavy (non-hydrogen) atoms. The number of nitrogens with zero attached hydrogens (tertiary/aromatic N) is 2. The van der Waals surface area contributed by atoms with Gasteiger partial charge in [-0.15, -0.1) is 0 Å². The molecule has 0 radical (unpaired) electrons. The Balaban J connectivity index is 3.28. The summed E-state index contributed by atoms with van der Waals surface area (Å²) in [5, 5.41) is 8.53. The van der Waals surface area contributed by atoms with Crippen molar-refractivity contribution in [1.82, 2.24) is 4.98 Å². The van der Waals surface area contributed by atoms with Gasteiger partial charge in [0.2, 0.25) is 0 Å². The van der Waals surface area contributed by atoms with E-state index in [0.717, 1.165) is 0 Å². The van der Waals surface area contributed by atoms with Crippen LogP contribution in [0.1, 0.15) is 23.4 Å². The van der Waals surface area contributed by atoms with Crippen molar-refractivity contribution in [3.05, 3.63) is 27.5 Å². The maximum atomic E-state index is 12.5. The minimum Gasteiger partial charge on any atom is -0.325 e. The number of hydrogen-bond donors (Lipinski definition) is 1. The van der Waals surface area contributed by atoms with Crippen LogP contribution in [0.2, 0.25) is 0 Å². The summed E-state index contributed by atoms with van der Waals surface area (Å²) in [6, 6.07) is 3.45. The highest BCUT2D eigenvalue weighted by atomic mass is 79.9. The first kappa shape index (κ1) is 12.0. The summed E-state index contributed by atoms with van der Waals surface area (Å²) in [5.74, 6) is 0. The van der Waals surface area contributed by atoms with Gasteiger partial charge in [0.25, 0.3) is 6.43 Å². The monoisotopic (exact) mass is 275 g/mol. The number of pyridine rings is 1. The van der Waals surface area contributed by atoms with Crippen molar-refractivity contribution in [2.24, 2.45) is 5.73 Å². The van der Waals surface area contributed by atoms with Gasteiger partial charge in [-0.25, -0.2) is 13.8 Å². The molecule has 2 N–H and O–H groups in total. The molecule has 1 aromatic heterocycles. The fourth-order valence-electron chi connectivity index (χ4n) is 1.13. The maximum absolute atomic E-state index is 12.5. The highest BCUT2D eigenvalue weighted by Crippen LogP contribution is 2.29. The largest absolute Gasteiger partial charge is 0.325 e. The Labute approximate surface area is 94.0 Å². The van der Waals surface area contributed by atoms with Crippen molar-refractivity contribution in [2.75, 3.05) is 0 Å². The number of nitrogens with two attached hydrogens (primary N) is 1. The number of hydrogen-bond acceptors (Lipinski definition) is 3. The van der Waals surface area contributed by atoms with Gasteiger partial charge < -0.3 is 5.73 Å². The molecule has 6 heteroatoms. The van der Waals surface area contributed by atoms with E-state index >= 15 is 0 Å². The van der Waals surface area contributed by atoms with Crippen LogP contribution in [0.25, 0.3) is 0 Å². The second kappa shape index (κ2) is 5.14. The van der Waals surface area contributed by atoms with Crippen molar-refractivity contribution in [3.8, 4) is 6.07 Å². The van der Waals surface area contributed by atoms with Crippen molar-refractivity contribution < 1.29 is 8.78 Å². The van der Waals surface area contributed by atoms with Gasteiger partial charge in [0, 0.05) is 11.0 Å². The average molecular weight is 276 g/mol. The Morgan fingerprint density at radius 3 is 2.73 bits per heavy atom. The third kappa shape index (κ3) is 2.70. The molecule has 0 aliphatic rings. The smallest absolute Gasteiger partial charge is 0.281 e. The topological polar surface area (TPSA) is 62.7 Å². The number of aromatic nitrogens is 1. The first-order valence-electron chi connectivity index (χ1n) is 4.13. The molecule has 0 saturated heterocycles. The van der Waals surface area contributed by atoms with Crippen LogP contribution in [0.5, 0.6) is 0 Å². The molecular formula is C9H8BrF2N3. The normalized spacial score (nSPS) is 10.4. The predicted molar refractivity (Wildman–Crippen MR) is 54.1 cm³/mol.